The molecule has 25 heavy (non-hydrogen) atoms. The number of hydrazine groups is 1. The zero-order valence-electron chi connectivity index (χ0n) is 15.2. The highest BCUT2D eigenvalue weighted by atomic mass is 16.2. The summed E-state index contributed by atoms with van der Waals surface area (Å²) in [7, 11) is 1.66. The Balaban J connectivity index is 0.00000151. The van der Waals surface area contributed by atoms with Gasteiger partial charge in [-0.05, 0) is 37.2 Å². The summed E-state index contributed by atoms with van der Waals surface area (Å²) in [5.41, 5.74) is 7.30. The Morgan fingerprint density at radius 3 is 2.40 bits per heavy atom. The van der Waals surface area contributed by atoms with Crippen LogP contribution in [0.2, 0.25) is 0 Å². The first-order valence-corrected chi connectivity index (χ1v) is 8.49. The topological polar surface area (TPSA) is 88.0 Å². The molecule has 0 aliphatic rings. The third-order valence-electron chi connectivity index (χ3n) is 3.43. The largest absolute Gasteiger partial charge is 0.345 e. The normalized spacial score (nSPS) is 11.2. The number of nitrogens with zero attached hydrogens (tertiary/aromatic N) is 2. The van der Waals surface area contributed by atoms with Crippen LogP contribution in [0.4, 0.5) is 0 Å². The summed E-state index contributed by atoms with van der Waals surface area (Å²) >= 11 is 0. The highest BCUT2D eigenvalue weighted by Crippen LogP contribution is 2.08. The van der Waals surface area contributed by atoms with Crippen molar-refractivity contribution in [1.29, 1.82) is 0 Å². The Kier molecular flexibility index (Phi) is 9.13. The van der Waals surface area contributed by atoms with E-state index >= 15 is 0 Å². The number of rotatable bonds is 8. The number of aromatic nitrogens is 2. The summed E-state index contributed by atoms with van der Waals surface area (Å²) in [6.07, 6.45) is 4.10. The van der Waals surface area contributed by atoms with Crippen LogP contribution in [0, 0.1) is 0 Å². The van der Waals surface area contributed by atoms with Gasteiger partial charge in [0.05, 0.1) is 11.7 Å². The average molecular weight is 345 g/mol. The van der Waals surface area contributed by atoms with Gasteiger partial charge in [-0.2, -0.15) is 5.10 Å². The molecule has 0 saturated carbocycles. The molecular formula is C18H27N5O2. The van der Waals surface area contributed by atoms with Gasteiger partial charge >= 0.3 is 0 Å². The second-order valence-corrected chi connectivity index (χ2v) is 5.02. The minimum Gasteiger partial charge on any atom is -0.345 e. The van der Waals surface area contributed by atoms with Crippen LogP contribution in [-0.4, -0.2) is 34.6 Å². The van der Waals surface area contributed by atoms with Gasteiger partial charge in [-0.15, -0.1) is 0 Å². The van der Waals surface area contributed by atoms with Crippen LogP contribution in [-0.2, 0) is 16.1 Å². The van der Waals surface area contributed by atoms with E-state index in [1.54, 1.807) is 17.9 Å². The van der Waals surface area contributed by atoms with Crippen LogP contribution in [0.1, 0.15) is 32.8 Å². The summed E-state index contributed by atoms with van der Waals surface area (Å²) in [6.45, 7) is 6.15. The van der Waals surface area contributed by atoms with Crippen molar-refractivity contribution in [3.8, 4) is 5.69 Å². The van der Waals surface area contributed by atoms with Crippen LogP contribution in [0.3, 0.4) is 0 Å². The lowest BCUT2D eigenvalue weighted by molar-refractivity contribution is -0.139. The number of carbonyl (C=O) groups excluding carboxylic acids is 2. The van der Waals surface area contributed by atoms with Gasteiger partial charge in [-0.25, -0.2) is 10.1 Å². The predicted molar refractivity (Wildman–Crippen MR) is 98.0 cm³/mol. The van der Waals surface area contributed by atoms with Crippen molar-refractivity contribution in [1.82, 2.24) is 25.9 Å². The smallest absolute Gasteiger partial charge is 0.289 e. The first-order valence-electron chi connectivity index (χ1n) is 8.49. The van der Waals surface area contributed by atoms with E-state index in [0.717, 1.165) is 11.3 Å². The van der Waals surface area contributed by atoms with Gasteiger partial charge in [-0.3, -0.25) is 15.0 Å². The SMILES string of the molecule is CC.CCC(NNC)C(=O)C(=O)NCc1ccc(-n2cccn2)cc1. The van der Waals surface area contributed by atoms with Gasteiger partial charge in [0.1, 0.15) is 0 Å². The van der Waals surface area contributed by atoms with E-state index in [1.165, 1.54) is 0 Å². The quantitative estimate of drug-likeness (QED) is 0.499. The summed E-state index contributed by atoms with van der Waals surface area (Å²) < 4.78 is 1.75. The van der Waals surface area contributed by atoms with E-state index in [4.69, 9.17) is 0 Å². The van der Waals surface area contributed by atoms with Gasteiger partial charge in [0.2, 0.25) is 5.78 Å². The average Bonchev–Trinajstić information content (AvgIpc) is 3.20. The molecule has 2 aromatic rings. The maximum Gasteiger partial charge on any atom is 0.289 e. The molecular weight excluding hydrogens is 318 g/mol. The van der Waals surface area contributed by atoms with E-state index in [9.17, 15) is 9.59 Å². The minimum absolute atomic E-state index is 0.306. The molecule has 0 radical (unpaired) electrons. The highest BCUT2D eigenvalue weighted by Gasteiger charge is 2.22. The van der Waals surface area contributed by atoms with Gasteiger partial charge < -0.3 is 5.32 Å². The fourth-order valence-electron chi connectivity index (χ4n) is 2.14. The molecule has 1 heterocycles. The van der Waals surface area contributed by atoms with E-state index in [0.29, 0.717) is 13.0 Å². The number of carbonyl (C=O) groups is 2. The van der Waals surface area contributed by atoms with Crippen LogP contribution in [0.5, 0.6) is 0 Å². The number of ketones is 1. The molecule has 1 unspecified atom stereocenters. The molecule has 1 amide bonds. The predicted octanol–water partition coefficient (Wildman–Crippen LogP) is 1.59. The second kappa shape index (κ2) is 11.1. The van der Waals surface area contributed by atoms with Crippen LogP contribution in [0.15, 0.2) is 42.7 Å². The van der Waals surface area contributed by atoms with Crippen molar-refractivity contribution in [3.05, 3.63) is 48.3 Å². The first kappa shape index (κ1) is 20.5. The second-order valence-electron chi connectivity index (χ2n) is 5.02. The number of nitrogens with one attached hydrogen (secondary N) is 3. The highest BCUT2D eigenvalue weighted by molar-refractivity contribution is 6.38. The van der Waals surface area contributed by atoms with Crippen LogP contribution < -0.4 is 16.2 Å². The minimum atomic E-state index is -0.587. The van der Waals surface area contributed by atoms with Crippen LogP contribution >= 0.6 is 0 Å². The van der Waals surface area contributed by atoms with E-state index < -0.39 is 17.7 Å². The lowest BCUT2D eigenvalue weighted by Crippen LogP contribution is -2.48. The Hall–Kier alpha value is -2.51. The Bertz CT molecular complexity index is 638. The van der Waals surface area contributed by atoms with Crippen molar-refractivity contribution < 1.29 is 9.59 Å². The standard InChI is InChI=1S/C16H21N5O2.C2H6/c1-3-14(20-17-2)15(22)16(23)18-11-12-5-7-13(8-6-12)21-10-4-9-19-21;1-2/h4-10,14,17,20H,3,11H2,1-2H3,(H,18,23);1-2H3. The molecule has 1 aromatic carbocycles. The van der Waals surface area contributed by atoms with Gasteiger partial charge in [0.25, 0.3) is 5.91 Å². The van der Waals surface area contributed by atoms with Gasteiger partial charge in [0, 0.05) is 18.9 Å². The number of Topliss-reactive ketones (excluding diaryl/α,β-unsaturated/α-hetero) is 1. The number of benzene rings is 1. The molecule has 0 aliphatic carbocycles. The molecule has 0 bridgehead atoms. The van der Waals surface area contributed by atoms with E-state index in [2.05, 4.69) is 21.3 Å². The molecule has 0 saturated heterocycles. The molecule has 0 aliphatic heterocycles. The lowest BCUT2D eigenvalue weighted by atomic mass is 10.1. The molecule has 3 N–H and O–H groups in total. The summed E-state index contributed by atoms with van der Waals surface area (Å²) in [6, 6.07) is 8.93. The first-order chi connectivity index (χ1) is 12.2. The fourth-order valence-corrected chi connectivity index (χ4v) is 2.14. The Morgan fingerprint density at radius 1 is 1.20 bits per heavy atom. The molecule has 7 heteroatoms. The molecule has 2 rings (SSSR count). The molecule has 1 aromatic heterocycles. The monoisotopic (exact) mass is 345 g/mol. The van der Waals surface area contributed by atoms with Crippen molar-refractivity contribution in [2.45, 2.75) is 39.8 Å². The number of hydrogen-bond donors (Lipinski definition) is 3. The van der Waals surface area contributed by atoms with Gasteiger partial charge in [-0.1, -0.05) is 32.9 Å². The third-order valence-corrected chi connectivity index (χ3v) is 3.43. The molecule has 0 spiro atoms. The summed E-state index contributed by atoms with van der Waals surface area (Å²) in [4.78, 5) is 23.9. The summed E-state index contributed by atoms with van der Waals surface area (Å²) in [5, 5.41) is 6.80. The van der Waals surface area contributed by atoms with Crippen LogP contribution in [0.25, 0.3) is 5.69 Å². The van der Waals surface area contributed by atoms with Crippen molar-refractivity contribution >= 4 is 11.7 Å². The maximum absolute atomic E-state index is 12.0. The number of hydrogen-bond acceptors (Lipinski definition) is 5. The Morgan fingerprint density at radius 2 is 1.88 bits per heavy atom. The van der Waals surface area contributed by atoms with Gasteiger partial charge in [0.15, 0.2) is 0 Å². The fraction of sp³-hybridized carbons (Fsp3) is 0.389. The maximum atomic E-state index is 12.0. The lowest BCUT2D eigenvalue weighted by Gasteiger charge is -2.14. The molecule has 1 atom stereocenters. The van der Waals surface area contributed by atoms with Crippen molar-refractivity contribution in [3.63, 3.8) is 0 Å². The molecule has 136 valence electrons. The Labute approximate surface area is 148 Å². The summed E-state index contributed by atoms with van der Waals surface area (Å²) in [5.74, 6) is -1.06. The van der Waals surface area contributed by atoms with E-state index in [1.807, 2.05) is 57.3 Å². The zero-order valence-corrected chi connectivity index (χ0v) is 15.2. The molecule has 0 fully saturated rings. The van der Waals surface area contributed by atoms with Crippen molar-refractivity contribution in [2.75, 3.05) is 7.05 Å². The van der Waals surface area contributed by atoms with E-state index in [-0.39, 0.29) is 0 Å². The third kappa shape index (κ3) is 6.13. The molecule has 7 nitrogen and oxygen atoms in total. The number of amides is 1. The zero-order chi connectivity index (χ0) is 18.7. The van der Waals surface area contributed by atoms with Crippen molar-refractivity contribution in [2.24, 2.45) is 0 Å².